The van der Waals surface area contributed by atoms with Gasteiger partial charge in [-0.25, -0.2) is 9.55 Å². The molecule has 0 aliphatic carbocycles. The summed E-state index contributed by atoms with van der Waals surface area (Å²) in [5.74, 6) is 0.145. The van der Waals surface area contributed by atoms with Crippen LogP contribution < -0.4 is 5.32 Å². The molecule has 0 saturated carbocycles. The fourth-order valence-electron chi connectivity index (χ4n) is 3.26. The summed E-state index contributed by atoms with van der Waals surface area (Å²) in [6.07, 6.45) is 15.3. The standard InChI is InChI=1S/C20H32N6O3S/c1-3-4-5-6-7-8-9-10-11-12-13-14-16(27)22-20-24-23-19(30-20)18-21-15-17(25(18)2)26(28)29/h15H,3-14H2,1-2H3,(H,22,24,27). The summed E-state index contributed by atoms with van der Waals surface area (Å²) < 4.78 is 1.34. The molecule has 0 unspecified atom stereocenters. The predicted octanol–water partition coefficient (Wildman–Crippen LogP) is 5.49. The van der Waals surface area contributed by atoms with Crippen LogP contribution in [0.3, 0.4) is 0 Å². The van der Waals surface area contributed by atoms with Gasteiger partial charge in [-0.3, -0.25) is 4.79 Å². The normalized spacial score (nSPS) is 11.0. The third-order valence-corrected chi connectivity index (χ3v) is 5.86. The minimum absolute atomic E-state index is 0.0838. The number of imidazole rings is 1. The average molecular weight is 437 g/mol. The van der Waals surface area contributed by atoms with Gasteiger partial charge in [0.15, 0.2) is 0 Å². The van der Waals surface area contributed by atoms with Crippen LogP contribution in [0.15, 0.2) is 6.20 Å². The van der Waals surface area contributed by atoms with Crippen LogP contribution in [0.1, 0.15) is 84.0 Å². The van der Waals surface area contributed by atoms with Gasteiger partial charge in [-0.05, 0) is 11.3 Å². The first-order chi connectivity index (χ1) is 14.5. The molecule has 0 aliphatic rings. The Morgan fingerprint density at radius 2 is 1.67 bits per heavy atom. The maximum absolute atomic E-state index is 12.1. The molecule has 10 heteroatoms. The molecular weight excluding hydrogens is 404 g/mol. The number of rotatable bonds is 15. The lowest BCUT2D eigenvalue weighted by Gasteiger charge is -2.03. The third kappa shape index (κ3) is 7.81. The summed E-state index contributed by atoms with van der Waals surface area (Å²) in [6, 6.07) is 0. The molecule has 2 aromatic heterocycles. The van der Waals surface area contributed by atoms with E-state index in [-0.39, 0.29) is 11.7 Å². The molecule has 0 aliphatic heterocycles. The van der Waals surface area contributed by atoms with Gasteiger partial charge in [0.05, 0.1) is 7.05 Å². The topological polar surface area (TPSA) is 116 Å². The summed E-state index contributed by atoms with van der Waals surface area (Å²) in [5.41, 5.74) is 0. The van der Waals surface area contributed by atoms with E-state index in [2.05, 4.69) is 27.4 Å². The highest BCUT2D eigenvalue weighted by molar-refractivity contribution is 7.18. The van der Waals surface area contributed by atoms with Crippen LogP contribution in [0.5, 0.6) is 0 Å². The first-order valence-corrected chi connectivity index (χ1v) is 11.6. The Kier molecular flexibility index (Phi) is 10.4. The van der Waals surface area contributed by atoms with E-state index in [1.165, 1.54) is 68.6 Å². The molecule has 0 bridgehead atoms. The molecule has 2 heterocycles. The third-order valence-electron chi connectivity index (χ3n) is 5.02. The second-order valence-electron chi connectivity index (χ2n) is 7.50. The molecule has 0 fully saturated rings. The van der Waals surface area contributed by atoms with Gasteiger partial charge in [-0.15, -0.1) is 10.2 Å². The molecule has 0 spiro atoms. The van der Waals surface area contributed by atoms with E-state index < -0.39 is 4.92 Å². The Labute approximate surface area is 181 Å². The number of anilines is 1. The Morgan fingerprint density at radius 1 is 1.07 bits per heavy atom. The van der Waals surface area contributed by atoms with Gasteiger partial charge in [0.1, 0.15) is 6.20 Å². The monoisotopic (exact) mass is 436 g/mol. The summed E-state index contributed by atoms with van der Waals surface area (Å²) >= 11 is 1.15. The Balaban J connectivity index is 1.61. The molecule has 0 radical (unpaired) electrons. The maximum Gasteiger partial charge on any atom is 0.342 e. The van der Waals surface area contributed by atoms with Crippen LogP contribution in [0, 0.1) is 10.1 Å². The number of hydrogen-bond acceptors (Lipinski definition) is 7. The van der Waals surface area contributed by atoms with Gasteiger partial charge in [0.25, 0.3) is 5.82 Å². The van der Waals surface area contributed by atoms with Crippen molar-refractivity contribution in [1.82, 2.24) is 19.7 Å². The van der Waals surface area contributed by atoms with Crippen LogP contribution >= 0.6 is 11.3 Å². The van der Waals surface area contributed by atoms with Crippen LogP contribution in [-0.2, 0) is 11.8 Å². The Hall–Kier alpha value is -2.36. The Bertz CT molecular complexity index is 804. The second-order valence-corrected chi connectivity index (χ2v) is 8.48. The molecule has 1 N–H and O–H groups in total. The second kappa shape index (κ2) is 13.0. The minimum Gasteiger partial charge on any atom is -0.358 e. The van der Waals surface area contributed by atoms with E-state index in [1.807, 2.05) is 0 Å². The highest BCUT2D eigenvalue weighted by Crippen LogP contribution is 2.27. The molecular formula is C20H32N6O3S. The van der Waals surface area contributed by atoms with Crippen molar-refractivity contribution >= 4 is 28.2 Å². The van der Waals surface area contributed by atoms with E-state index in [0.717, 1.165) is 24.2 Å². The Morgan fingerprint density at radius 3 is 2.23 bits per heavy atom. The highest BCUT2D eigenvalue weighted by Gasteiger charge is 2.21. The van der Waals surface area contributed by atoms with E-state index >= 15 is 0 Å². The number of unbranched alkanes of at least 4 members (excludes halogenated alkanes) is 10. The van der Waals surface area contributed by atoms with Crippen molar-refractivity contribution in [1.29, 1.82) is 0 Å². The van der Waals surface area contributed by atoms with Gasteiger partial charge in [0.2, 0.25) is 16.0 Å². The highest BCUT2D eigenvalue weighted by atomic mass is 32.1. The first kappa shape index (κ1) is 23.9. The first-order valence-electron chi connectivity index (χ1n) is 10.8. The van der Waals surface area contributed by atoms with Crippen molar-refractivity contribution in [2.45, 2.75) is 84.0 Å². The fourth-order valence-corrected chi connectivity index (χ4v) is 4.06. The quantitative estimate of drug-likeness (QED) is 0.224. The SMILES string of the molecule is CCCCCCCCCCCCCC(=O)Nc1nnc(-c2ncc([N+](=O)[O-])n2C)s1. The van der Waals surface area contributed by atoms with E-state index in [1.54, 1.807) is 7.05 Å². The van der Waals surface area contributed by atoms with Crippen LogP contribution in [0.2, 0.25) is 0 Å². The van der Waals surface area contributed by atoms with Crippen molar-refractivity contribution in [2.24, 2.45) is 7.05 Å². The van der Waals surface area contributed by atoms with Crippen molar-refractivity contribution < 1.29 is 9.72 Å². The molecule has 166 valence electrons. The summed E-state index contributed by atoms with van der Waals surface area (Å²) in [6.45, 7) is 2.24. The molecule has 0 atom stereocenters. The van der Waals surface area contributed by atoms with Gasteiger partial charge in [0, 0.05) is 6.42 Å². The van der Waals surface area contributed by atoms with Crippen molar-refractivity contribution in [3.63, 3.8) is 0 Å². The molecule has 1 amide bonds. The van der Waals surface area contributed by atoms with E-state index in [4.69, 9.17) is 0 Å². The van der Waals surface area contributed by atoms with Crippen molar-refractivity contribution in [2.75, 3.05) is 5.32 Å². The zero-order chi connectivity index (χ0) is 21.8. The average Bonchev–Trinajstić information content (AvgIpc) is 3.32. The van der Waals surface area contributed by atoms with E-state index in [0.29, 0.717) is 22.4 Å². The lowest BCUT2D eigenvalue weighted by atomic mass is 10.1. The van der Waals surface area contributed by atoms with Gasteiger partial charge in [-0.2, -0.15) is 0 Å². The number of aromatic nitrogens is 4. The molecule has 0 aromatic carbocycles. The van der Waals surface area contributed by atoms with Gasteiger partial charge in [-0.1, -0.05) is 82.5 Å². The predicted molar refractivity (Wildman–Crippen MR) is 118 cm³/mol. The fraction of sp³-hybridized carbons (Fsp3) is 0.700. The van der Waals surface area contributed by atoms with E-state index in [9.17, 15) is 14.9 Å². The minimum atomic E-state index is -0.506. The largest absolute Gasteiger partial charge is 0.358 e. The molecule has 30 heavy (non-hydrogen) atoms. The number of carbonyl (C=O) groups excluding carboxylic acids is 1. The van der Waals surface area contributed by atoms with Gasteiger partial charge >= 0.3 is 5.82 Å². The lowest BCUT2D eigenvalue weighted by Crippen LogP contribution is -2.10. The summed E-state index contributed by atoms with van der Waals surface area (Å²) in [4.78, 5) is 26.5. The molecule has 9 nitrogen and oxygen atoms in total. The summed E-state index contributed by atoms with van der Waals surface area (Å²) in [7, 11) is 1.55. The number of nitro groups is 1. The smallest absolute Gasteiger partial charge is 0.342 e. The lowest BCUT2D eigenvalue weighted by molar-refractivity contribution is -0.391. The number of nitrogens with one attached hydrogen (secondary N) is 1. The number of amides is 1. The number of hydrogen-bond donors (Lipinski definition) is 1. The summed E-state index contributed by atoms with van der Waals surface area (Å²) in [5, 5.41) is 22.4. The van der Waals surface area contributed by atoms with Crippen LogP contribution in [0.4, 0.5) is 10.9 Å². The zero-order valence-electron chi connectivity index (χ0n) is 17.9. The van der Waals surface area contributed by atoms with Crippen molar-refractivity contribution in [3.8, 4) is 10.8 Å². The molecule has 2 aromatic rings. The molecule has 2 rings (SSSR count). The maximum atomic E-state index is 12.1. The zero-order valence-corrected chi connectivity index (χ0v) is 18.7. The van der Waals surface area contributed by atoms with Gasteiger partial charge < -0.3 is 15.4 Å². The molecule has 0 saturated heterocycles. The van der Waals surface area contributed by atoms with Crippen molar-refractivity contribution in [3.05, 3.63) is 16.3 Å². The van der Waals surface area contributed by atoms with Crippen LogP contribution in [-0.4, -0.2) is 30.6 Å². The van der Waals surface area contributed by atoms with Crippen LogP contribution in [0.25, 0.3) is 10.8 Å². The number of nitrogens with zero attached hydrogens (tertiary/aromatic N) is 5. The number of carbonyl (C=O) groups is 1.